The van der Waals surface area contributed by atoms with Gasteiger partial charge >= 0.3 is 0 Å². The average molecular weight is 367 g/mol. The summed E-state index contributed by atoms with van der Waals surface area (Å²) < 4.78 is 1.50. The van der Waals surface area contributed by atoms with Crippen molar-refractivity contribution in [3.8, 4) is 5.69 Å². The molecule has 0 saturated heterocycles. The fourth-order valence-corrected chi connectivity index (χ4v) is 2.38. The van der Waals surface area contributed by atoms with Crippen LogP contribution in [0.2, 0.25) is 0 Å². The fourth-order valence-electron chi connectivity index (χ4n) is 2.38. The van der Waals surface area contributed by atoms with Crippen molar-refractivity contribution in [1.29, 1.82) is 0 Å². The molecular weight excluding hydrogens is 346 g/mol. The van der Waals surface area contributed by atoms with Gasteiger partial charge in [-0.05, 0) is 35.5 Å². The molecule has 0 spiro atoms. The molecule has 3 aromatic rings. The Labute approximate surface area is 156 Å². The largest absolute Gasteiger partial charge is 0.363 e. The fraction of sp³-hybridized carbons (Fsp3) is 0.294. The second kappa shape index (κ2) is 8.21. The van der Waals surface area contributed by atoms with Gasteiger partial charge in [-0.15, -0.1) is 5.10 Å². The highest BCUT2D eigenvalue weighted by atomic mass is 16.1. The van der Waals surface area contributed by atoms with Crippen molar-refractivity contribution in [2.24, 2.45) is 0 Å². The maximum atomic E-state index is 12.3. The Hall–Kier alpha value is -3.56. The Balaban J connectivity index is 1.54. The minimum Gasteiger partial charge on any atom is -0.363 e. The maximum Gasteiger partial charge on any atom is 0.251 e. The van der Waals surface area contributed by atoms with Crippen molar-refractivity contribution < 1.29 is 4.79 Å². The van der Waals surface area contributed by atoms with E-state index < -0.39 is 0 Å². The Morgan fingerprint density at radius 2 is 2.04 bits per heavy atom. The van der Waals surface area contributed by atoms with Gasteiger partial charge in [-0.1, -0.05) is 6.07 Å². The monoisotopic (exact) mass is 367 g/mol. The summed E-state index contributed by atoms with van der Waals surface area (Å²) in [5, 5.41) is 17.0. The van der Waals surface area contributed by atoms with E-state index >= 15 is 0 Å². The van der Waals surface area contributed by atoms with Crippen molar-refractivity contribution >= 4 is 17.7 Å². The summed E-state index contributed by atoms with van der Waals surface area (Å²) in [6.07, 6.45) is 1.48. The number of carbonyl (C=O) groups is 1. The summed E-state index contributed by atoms with van der Waals surface area (Å²) in [4.78, 5) is 23.0. The minimum absolute atomic E-state index is 0.175. The molecule has 1 aromatic carbocycles. The second-order valence-electron chi connectivity index (χ2n) is 6.07. The van der Waals surface area contributed by atoms with Crippen LogP contribution in [0.3, 0.4) is 0 Å². The van der Waals surface area contributed by atoms with Gasteiger partial charge < -0.3 is 15.5 Å². The lowest BCUT2D eigenvalue weighted by atomic mass is 10.2. The molecule has 0 atom stereocenters. The number of tetrazole rings is 1. The second-order valence-corrected chi connectivity index (χ2v) is 6.07. The maximum absolute atomic E-state index is 12.3. The summed E-state index contributed by atoms with van der Waals surface area (Å²) in [6, 6.07) is 8.99. The van der Waals surface area contributed by atoms with Gasteiger partial charge in [0.25, 0.3) is 5.91 Å². The first kappa shape index (κ1) is 18.2. The van der Waals surface area contributed by atoms with E-state index in [0.29, 0.717) is 24.6 Å². The Morgan fingerprint density at radius 1 is 1.19 bits per heavy atom. The van der Waals surface area contributed by atoms with E-state index in [1.54, 1.807) is 18.2 Å². The van der Waals surface area contributed by atoms with E-state index in [4.69, 9.17) is 0 Å². The quantitative estimate of drug-likeness (QED) is 0.586. The van der Waals surface area contributed by atoms with Gasteiger partial charge in [-0.25, -0.2) is 9.67 Å². The molecule has 0 bridgehead atoms. The van der Waals surface area contributed by atoms with Crippen LogP contribution in [0.25, 0.3) is 5.69 Å². The lowest BCUT2D eigenvalue weighted by Crippen LogP contribution is -2.29. The summed E-state index contributed by atoms with van der Waals surface area (Å²) in [5.74, 6) is 1.19. The van der Waals surface area contributed by atoms with E-state index in [2.05, 4.69) is 36.1 Å². The van der Waals surface area contributed by atoms with Crippen LogP contribution in [0.5, 0.6) is 0 Å². The standard InChI is InChI=1S/C17H21N9O/c1-12-9-15(25(2)3)22-17(21-12)19-8-7-18-16(27)13-5-4-6-14(10-13)26-11-20-23-24-26/h4-6,9-11H,7-8H2,1-3H3,(H,18,27)(H,19,21,22). The molecule has 0 aliphatic heterocycles. The molecule has 2 N–H and O–H groups in total. The number of anilines is 2. The molecule has 0 fully saturated rings. The van der Waals surface area contributed by atoms with E-state index in [-0.39, 0.29) is 5.91 Å². The van der Waals surface area contributed by atoms with Crippen LogP contribution < -0.4 is 15.5 Å². The molecule has 3 rings (SSSR count). The highest BCUT2D eigenvalue weighted by Gasteiger charge is 2.08. The summed E-state index contributed by atoms with van der Waals surface area (Å²) in [5.41, 5.74) is 2.12. The molecule has 2 heterocycles. The summed E-state index contributed by atoms with van der Waals surface area (Å²) >= 11 is 0. The molecular formula is C17H21N9O. The molecule has 2 aromatic heterocycles. The number of aryl methyl sites for hydroxylation is 1. The molecule has 140 valence electrons. The van der Waals surface area contributed by atoms with Gasteiger partial charge in [-0.2, -0.15) is 4.98 Å². The van der Waals surface area contributed by atoms with E-state index in [9.17, 15) is 4.79 Å². The Morgan fingerprint density at radius 3 is 2.78 bits per heavy atom. The lowest BCUT2D eigenvalue weighted by molar-refractivity contribution is 0.0955. The molecule has 0 saturated carbocycles. The molecule has 1 amide bonds. The highest BCUT2D eigenvalue weighted by Crippen LogP contribution is 2.12. The number of nitrogens with one attached hydrogen (secondary N) is 2. The molecule has 0 unspecified atom stereocenters. The molecule has 10 heteroatoms. The smallest absolute Gasteiger partial charge is 0.251 e. The number of hydrogen-bond donors (Lipinski definition) is 2. The number of hydrogen-bond acceptors (Lipinski definition) is 8. The number of benzene rings is 1. The normalized spacial score (nSPS) is 10.5. The van der Waals surface area contributed by atoms with Crippen LogP contribution >= 0.6 is 0 Å². The predicted molar refractivity (Wildman–Crippen MR) is 101 cm³/mol. The molecule has 0 aliphatic rings. The third-order valence-electron chi connectivity index (χ3n) is 3.71. The van der Waals surface area contributed by atoms with E-state index in [1.807, 2.05) is 38.1 Å². The van der Waals surface area contributed by atoms with E-state index in [0.717, 1.165) is 17.2 Å². The first-order valence-electron chi connectivity index (χ1n) is 8.41. The molecule has 10 nitrogen and oxygen atoms in total. The third kappa shape index (κ3) is 4.75. The average Bonchev–Trinajstić information content (AvgIpc) is 3.19. The Kier molecular flexibility index (Phi) is 5.55. The first-order chi connectivity index (χ1) is 13.0. The van der Waals surface area contributed by atoms with Crippen LogP contribution in [-0.2, 0) is 0 Å². The van der Waals surface area contributed by atoms with Crippen molar-refractivity contribution in [3.63, 3.8) is 0 Å². The van der Waals surface area contributed by atoms with Crippen molar-refractivity contribution in [1.82, 2.24) is 35.5 Å². The van der Waals surface area contributed by atoms with Crippen LogP contribution in [0, 0.1) is 6.92 Å². The van der Waals surface area contributed by atoms with Gasteiger partial charge in [0.15, 0.2) is 0 Å². The van der Waals surface area contributed by atoms with Crippen LogP contribution in [0.15, 0.2) is 36.7 Å². The van der Waals surface area contributed by atoms with Gasteiger partial charge in [0.05, 0.1) is 5.69 Å². The SMILES string of the molecule is Cc1cc(N(C)C)nc(NCCNC(=O)c2cccc(-n3cnnn3)c2)n1. The number of aromatic nitrogens is 6. The van der Waals surface area contributed by atoms with Crippen LogP contribution in [0.1, 0.15) is 16.1 Å². The van der Waals surface area contributed by atoms with Crippen molar-refractivity contribution in [2.45, 2.75) is 6.92 Å². The van der Waals surface area contributed by atoms with Crippen molar-refractivity contribution in [3.05, 3.63) is 47.9 Å². The number of amides is 1. The summed E-state index contributed by atoms with van der Waals surface area (Å²) in [6.45, 7) is 2.86. The third-order valence-corrected chi connectivity index (χ3v) is 3.71. The predicted octanol–water partition coefficient (Wildman–Crippen LogP) is 0.669. The molecule has 0 radical (unpaired) electrons. The lowest BCUT2D eigenvalue weighted by Gasteiger charge is -2.14. The number of carbonyl (C=O) groups excluding carboxylic acids is 1. The number of rotatable bonds is 7. The van der Waals surface area contributed by atoms with Gasteiger partial charge in [-0.3, -0.25) is 4.79 Å². The zero-order chi connectivity index (χ0) is 19.2. The van der Waals surface area contributed by atoms with Gasteiger partial charge in [0.1, 0.15) is 12.1 Å². The minimum atomic E-state index is -0.175. The highest BCUT2D eigenvalue weighted by molar-refractivity contribution is 5.94. The zero-order valence-electron chi connectivity index (χ0n) is 15.4. The van der Waals surface area contributed by atoms with Crippen LogP contribution in [0.4, 0.5) is 11.8 Å². The Bertz CT molecular complexity index is 909. The van der Waals surface area contributed by atoms with Crippen LogP contribution in [-0.4, -0.2) is 63.3 Å². The first-order valence-corrected chi connectivity index (χ1v) is 8.41. The molecule has 0 aliphatic carbocycles. The van der Waals surface area contributed by atoms with Crippen molar-refractivity contribution in [2.75, 3.05) is 37.4 Å². The topological polar surface area (TPSA) is 114 Å². The van der Waals surface area contributed by atoms with Gasteiger partial charge in [0, 0.05) is 44.5 Å². The summed E-state index contributed by atoms with van der Waals surface area (Å²) in [7, 11) is 3.85. The number of nitrogens with zero attached hydrogens (tertiary/aromatic N) is 7. The zero-order valence-corrected chi connectivity index (χ0v) is 15.4. The molecule has 27 heavy (non-hydrogen) atoms. The van der Waals surface area contributed by atoms with Gasteiger partial charge in [0.2, 0.25) is 5.95 Å². The van der Waals surface area contributed by atoms with E-state index in [1.165, 1.54) is 11.0 Å².